The SMILES string of the molecule is O=Cc1ccc(OCc2cccs2)c(F)c1. The van der Waals surface area contributed by atoms with Gasteiger partial charge in [0.1, 0.15) is 12.9 Å². The molecule has 0 radical (unpaired) electrons. The van der Waals surface area contributed by atoms with Crippen molar-refractivity contribution in [1.82, 2.24) is 0 Å². The molecule has 0 spiro atoms. The molecule has 0 fully saturated rings. The van der Waals surface area contributed by atoms with Crippen molar-refractivity contribution in [3.05, 3.63) is 52.0 Å². The van der Waals surface area contributed by atoms with Crippen LogP contribution in [0.4, 0.5) is 4.39 Å². The molecule has 0 aliphatic rings. The lowest BCUT2D eigenvalue weighted by Gasteiger charge is -2.05. The Kier molecular flexibility index (Phi) is 3.31. The molecule has 2 rings (SSSR count). The van der Waals surface area contributed by atoms with E-state index in [0.717, 1.165) is 10.9 Å². The van der Waals surface area contributed by atoms with Gasteiger partial charge in [-0.05, 0) is 29.6 Å². The van der Waals surface area contributed by atoms with Gasteiger partial charge in [0.25, 0.3) is 0 Å². The van der Waals surface area contributed by atoms with Crippen molar-refractivity contribution in [3.63, 3.8) is 0 Å². The number of thiophene rings is 1. The van der Waals surface area contributed by atoms with Crippen LogP contribution in [0, 0.1) is 5.82 Å². The third kappa shape index (κ3) is 2.46. The van der Waals surface area contributed by atoms with Gasteiger partial charge >= 0.3 is 0 Å². The monoisotopic (exact) mass is 236 g/mol. The van der Waals surface area contributed by atoms with E-state index < -0.39 is 5.82 Å². The summed E-state index contributed by atoms with van der Waals surface area (Å²) in [6.07, 6.45) is 0.603. The normalized spacial score (nSPS) is 10.1. The zero-order valence-corrected chi connectivity index (χ0v) is 9.17. The van der Waals surface area contributed by atoms with Crippen molar-refractivity contribution >= 4 is 17.6 Å². The van der Waals surface area contributed by atoms with Gasteiger partial charge in [0.05, 0.1) is 0 Å². The second-order valence-electron chi connectivity index (χ2n) is 3.18. The Labute approximate surface area is 96.3 Å². The summed E-state index contributed by atoms with van der Waals surface area (Å²) in [5.74, 6) is -0.347. The van der Waals surface area contributed by atoms with Gasteiger partial charge in [-0.15, -0.1) is 11.3 Å². The van der Waals surface area contributed by atoms with E-state index >= 15 is 0 Å². The molecule has 0 bridgehead atoms. The molecule has 82 valence electrons. The van der Waals surface area contributed by atoms with Crippen LogP contribution in [0.2, 0.25) is 0 Å². The van der Waals surface area contributed by atoms with E-state index in [2.05, 4.69) is 0 Å². The highest BCUT2D eigenvalue weighted by Gasteiger charge is 2.04. The summed E-state index contributed by atoms with van der Waals surface area (Å²) in [5.41, 5.74) is 0.306. The highest BCUT2D eigenvalue weighted by atomic mass is 32.1. The smallest absolute Gasteiger partial charge is 0.165 e. The van der Waals surface area contributed by atoms with E-state index in [4.69, 9.17) is 4.74 Å². The molecule has 0 amide bonds. The molecule has 4 heteroatoms. The highest BCUT2D eigenvalue weighted by molar-refractivity contribution is 7.09. The zero-order chi connectivity index (χ0) is 11.4. The van der Waals surface area contributed by atoms with Crippen molar-refractivity contribution in [2.75, 3.05) is 0 Å². The fourth-order valence-corrected chi connectivity index (χ4v) is 1.87. The Balaban J connectivity index is 2.07. The standard InChI is InChI=1S/C12H9FO2S/c13-11-6-9(7-14)3-4-12(11)15-8-10-2-1-5-16-10/h1-7H,8H2. The van der Waals surface area contributed by atoms with Gasteiger partial charge < -0.3 is 4.74 Å². The Morgan fingerprint density at radius 1 is 1.38 bits per heavy atom. The van der Waals surface area contributed by atoms with Crippen LogP contribution < -0.4 is 4.74 Å². The van der Waals surface area contributed by atoms with Crippen LogP contribution in [-0.4, -0.2) is 6.29 Å². The van der Waals surface area contributed by atoms with Crippen LogP contribution in [0.1, 0.15) is 15.2 Å². The number of halogens is 1. The minimum Gasteiger partial charge on any atom is -0.485 e. The summed E-state index contributed by atoms with van der Waals surface area (Å²) < 4.78 is 18.7. The van der Waals surface area contributed by atoms with Crippen LogP contribution in [-0.2, 0) is 6.61 Å². The predicted octanol–water partition coefficient (Wildman–Crippen LogP) is 3.28. The minimum absolute atomic E-state index is 0.166. The molecule has 0 saturated heterocycles. The number of hydrogen-bond donors (Lipinski definition) is 0. The molecule has 1 aromatic carbocycles. The third-order valence-corrected chi connectivity index (χ3v) is 2.89. The maximum Gasteiger partial charge on any atom is 0.165 e. The molecular formula is C12H9FO2S. The lowest BCUT2D eigenvalue weighted by atomic mass is 10.2. The van der Waals surface area contributed by atoms with Crippen LogP contribution in [0.15, 0.2) is 35.7 Å². The quantitative estimate of drug-likeness (QED) is 0.761. The molecule has 16 heavy (non-hydrogen) atoms. The first-order valence-electron chi connectivity index (χ1n) is 4.69. The Morgan fingerprint density at radius 3 is 2.88 bits per heavy atom. The molecule has 0 aliphatic carbocycles. The van der Waals surface area contributed by atoms with Gasteiger partial charge in [0, 0.05) is 10.4 Å². The number of carbonyl (C=O) groups excluding carboxylic acids is 1. The van der Waals surface area contributed by atoms with Crippen molar-refractivity contribution in [2.45, 2.75) is 6.61 Å². The van der Waals surface area contributed by atoms with Gasteiger partial charge in [-0.25, -0.2) is 4.39 Å². The lowest BCUT2D eigenvalue weighted by Crippen LogP contribution is -1.96. The molecular weight excluding hydrogens is 227 g/mol. The molecule has 1 aromatic heterocycles. The topological polar surface area (TPSA) is 26.3 Å². The molecule has 2 aromatic rings. The summed E-state index contributed by atoms with van der Waals surface area (Å²) in [5, 5.41) is 1.94. The molecule has 0 aliphatic heterocycles. The van der Waals surface area contributed by atoms with Crippen LogP contribution in [0.5, 0.6) is 5.75 Å². The van der Waals surface area contributed by atoms with Gasteiger partial charge in [0.15, 0.2) is 11.6 Å². The zero-order valence-electron chi connectivity index (χ0n) is 8.35. The summed E-state index contributed by atoms with van der Waals surface area (Å²) >= 11 is 1.55. The van der Waals surface area contributed by atoms with Gasteiger partial charge in [-0.3, -0.25) is 4.79 Å². The second kappa shape index (κ2) is 4.90. The molecule has 0 N–H and O–H groups in total. The predicted molar refractivity (Wildman–Crippen MR) is 60.4 cm³/mol. The van der Waals surface area contributed by atoms with Crippen molar-refractivity contribution in [2.24, 2.45) is 0 Å². The maximum atomic E-state index is 13.4. The number of ether oxygens (including phenoxy) is 1. The van der Waals surface area contributed by atoms with E-state index in [1.807, 2.05) is 17.5 Å². The summed E-state index contributed by atoms with van der Waals surface area (Å²) in [6.45, 7) is 0.342. The Hall–Kier alpha value is -1.68. The van der Waals surface area contributed by atoms with Gasteiger partial charge in [-0.1, -0.05) is 6.07 Å². The highest BCUT2D eigenvalue weighted by Crippen LogP contribution is 2.20. The van der Waals surface area contributed by atoms with E-state index in [0.29, 0.717) is 18.5 Å². The molecule has 1 heterocycles. The first kappa shape index (κ1) is 10.8. The minimum atomic E-state index is -0.513. The van der Waals surface area contributed by atoms with E-state index in [-0.39, 0.29) is 5.75 Å². The summed E-state index contributed by atoms with van der Waals surface area (Å²) in [6, 6.07) is 7.99. The van der Waals surface area contributed by atoms with Gasteiger partial charge in [0.2, 0.25) is 0 Å². The molecule has 2 nitrogen and oxygen atoms in total. The van der Waals surface area contributed by atoms with Crippen molar-refractivity contribution in [1.29, 1.82) is 0 Å². The average molecular weight is 236 g/mol. The molecule has 0 saturated carbocycles. The second-order valence-corrected chi connectivity index (χ2v) is 4.21. The Bertz CT molecular complexity index is 480. The number of benzene rings is 1. The summed E-state index contributed by atoms with van der Waals surface area (Å²) in [4.78, 5) is 11.4. The van der Waals surface area contributed by atoms with Crippen LogP contribution in [0.25, 0.3) is 0 Å². The fourth-order valence-electron chi connectivity index (χ4n) is 1.25. The average Bonchev–Trinajstić information content (AvgIpc) is 2.80. The molecule has 0 atom stereocenters. The number of rotatable bonds is 4. The van der Waals surface area contributed by atoms with Gasteiger partial charge in [-0.2, -0.15) is 0 Å². The van der Waals surface area contributed by atoms with Crippen molar-refractivity contribution < 1.29 is 13.9 Å². The van der Waals surface area contributed by atoms with Crippen LogP contribution >= 0.6 is 11.3 Å². The maximum absolute atomic E-state index is 13.4. The third-order valence-electron chi connectivity index (χ3n) is 2.04. The van der Waals surface area contributed by atoms with Crippen molar-refractivity contribution in [3.8, 4) is 5.75 Å². The van der Waals surface area contributed by atoms with E-state index in [9.17, 15) is 9.18 Å². The van der Waals surface area contributed by atoms with E-state index in [1.54, 1.807) is 11.3 Å². The Morgan fingerprint density at radius 2 is 2.25 bits per heavy atom. The number of aldehydes is 1. The summed E-state index contributed by atoms with van der Waals surface area (Å²) in [7, 11) is 0. The van der Waals surface area contributed by atoms with E-state index in [1.165, 1.54) is 12.1 Å². The first-order chi connectivity index (χ1) is 7.79. The largest absolute Gasteiger partial charge is 0.485 e. The van der Waals surface area contributed by atoms with Crippen LogP contribution in [0.3, 0.4) is 0 Å². The number of hydrogen-bond acceptors (Lipinski definition) is 3. The number of carbonyl (C=O) groups is 1. The fraction of sp³-hybridized carbons (Fsp3) is 0.0833. The molecule has 0 unspecified atom stereocenters. The lowest BCUT2D eigenvalue weighted by molar-refractivity contribution is 0.112. The first-order valence-corrected chi connectivity index (χ1v) is 5.57.